The van der Waals surface area contributed by atoms with Gasteiger partial charge in [0.2, 0.25) is 0 Å². The summed E-state index contributed by atoms with van der Waals surface area (Å²) in [7, 11) is 0. The molecule has 0 amide bonds. The molecule has 0 radical (unpaired) electrons. The SMILES string of the molecule is CCc1cccc(OC2CC(Cl)C2(C)C)c1. The number of benzene rings is 1. The number of aryl methyl sites for hydroxylation is 1. The fraction of sp³-hybridized carbons (Fsp3) is 0.571. The maximum Gasteiger partial charge on any atom is 0.120 e. The lowest BCUT2D eigenvalue weighted by molar-refractivity contribution is -0.0130. The molecule has 1 aromatic rings. The van der Waals surface area contributed by atoms with Crippen molar-refractivity contribution in [3.63, 3.8) is 0 Å². The minimum Gasteiger partial charge on any atom is -0.490 e. The van der Waals surface area contributed by atoms with E-state index in [2.05, 4.69) is 39.0 Å². The van der Waals surface area contributed by atoms with Crippen molar-refractivity contribution >= 4 is 11.6 Å². The monoisotopic (exact) mass is 238 g/mol. The molecule has 0 N–H and O–H groups in total. The molecule has 1 fully saturated rings. The van der Waals surface area contributed by atoms with Crippen LogP contribution in [0, 0.1) is 5.41 Å². The van der Waals surface area contributed by atoms with Crippen molar-refractivity contribution in [2.45, 2.75) is 45.1 Å². The van der Waals surface area contributed by atoms with E-state index in [1.54, 1.807) is 0 Å². The van der Waals surface area contributed by atoms with Crippen molar-refractivity contribution in [2.75, 3.05) is 0 Å². The molecule has 2 heteroatoms. The molecule has 0 saturated heterocycles. The zero-order valence-electron chi connectivity index (χ0n) is 10.2. The molecule has 2 unspecified atom stereocenters. The number of alkyl halides is 1. The fourth-order valence-corrected chi connectivity index (χ4v) is 2.34. The van der Waals surface area contributed by atoms with Crippen LogP contribution in [0.5, 0.6) is 5.75 Å². The van der Waals surface area contributed by atoms with Crippen molar-refractivity contribution in [3.05, 3.63) is 29.8 Å². The second kappa shape index (κ2) is 4.29. The number of hydrogen-bond acceptors (Lipinski definition) is 1. The van der Waals surface area contributed by atoms with Crippen LogP contribution in [0.1, 0.15) is 32.8 Å². The Hall–Kier alpha value is -0.690. The van der Waals surface area contributed by atoms with Crippen LogP contribution in [0.4, 0.5) is 0 Å². The van der Waals surface area contributed by atoms with Crippen LogP contribution < -0.4 is 4.74 Å². The van der Waals surface area contributed by atoms with E-state index in [4.69, 9.17) is 16.3 Å². The Morgan fingerprint density at radius 1 is 1.44 bits per heavy atom. The molecule has 0 aromatic heterocycles. The summed E-state index contributed by atoms with van der Waals surface area (Å²) >= 11 is 6.18. The van der Waals surface area contributed by atoms with E-state index < -0.39 is 0 Å². The summed E-state index contributed by atoms with van der Waals surface area (Å²) in [6.07, 6.45) is 2.25. The van der Waals surface area contributed by atoms with Crippen LogP contribution in [0.3, 0.4) is 0 Å². The lowest BCUT2D eigenvalue weighted by Gasteiger charge is -2.48. The average Bonchev–Trinajstić information content (AvgIpc) is 2.29. The second-order valence-electron chi connectivity index (χ2n) is 5.13. The first-order chi connectivity index (χ1) is 7.54. The van der Waals surface area contributed by atoms with Crippen molar-refractivity contribution in [2.24, 2.45) is 5.41 Å². The third-order valence-electron chi connectivity index (χ3n) is 3.64. The standard InChI is InChI=1S/C14H19ClO/c1-4-10-6-5-7-11(8-10)16-13-9-12(15)14(13,2)3/h5-8,12-13H,4,9H2,1-3H3. The normalized spacial score (nSPS) is 27.2. The Balaban J connectivity index is 2.05. The van der Waals surface area contributed by atoms with Gasteiger partial charge in [-0.15, -0.1) is 11.6 Å². The highest BCUT2D eigenvalue weighted by molar-refractivity contribution is 6.21. The van der Waals surface area contributed by atoms with Gasteiger partial charge >= 0.3 is 0 Å². The number of hydrogen-bond donors (Lipinski definition) is 0. The number of halogens is 1. The van der Waals surface area contributed by atoms with Gasteiger partial charge in [0.1, 0.15) is 11.9 Å². The molecule has 0 aliphatic heterocycles. The van der Waals surface area contributed by atoms with Crippen molar-refractivity contribution in [1.29, 1.82) is 0 Å². The molecule has 1 aliphatic rings. The van der Waals surface area contributed by atoms with E-state index in [0.29, 0.717) is 0 Å². The predicted octanol–water partition coefficient (Wildman–Crippen LogP) is 4.03. The predicted molar refractivity (Wildman–Crippen MR) is 68.3 cm³/mol. The van der Waals surface area contributed by atoms with Crippen LogP contribution in [0.2, 0.25) is 0 Å². The molecule has 1 aliphatic carbocycles. The smallest absolute Gasteiger partial charge is 0.120 e. The van der Waals surface area contributed by atoms with E-state index in [9.17, 15) is 0 Å². The van der Waals surface area contributed by atoms with E-state index in [1.807, 2.05) is 6.07 Å². The largest absolute Gasteiger partial charge is 0.490 e. The van der Waals surface area contributed by atoms with Gasteiger partial charge in [0.15, 0.2) is 0 Å². The van der Waals surface area contributed by atoms with E-state index in [1.165, 1.54) is 5.56 Å². The lowest BCUT2D eigenvalue weighted by Crippen LogP contribution is -2.53. The van der Waals surface area contributed by atoms with Gasteiger partial charge in [0.25, 0.3) is 0 Å². The highest BCUT2D eigenvalue weighted by Gasteiger charge is 2.49. The highest BCUT2D eigenvalue weighted by atomic mass is 35.5. The molecule has 1 aromatic carbocycles. The third kappa shape index (κ3) is 2.06. The van der Waals surface area contributed by atoms with Gasteiger partial charge in [-0.05, 0) is 24.1 Å². The second-order valence-corrected chi connectivity index (χ2v) is 5.66. The first-order valence-corrected chi connectivity index (χ1v) is 6.37. The minimum absolute atomic E-state index is 0.0871. The highest BCUT2D eigenvalue weighted by Crippen LogP contribution is 2.46. The van der Waals surface area contributed by atoms with Crippen LogP contribution in [-0.2, 0) is 6.42 Å². The third-order valence-corrected chi connectivity index (χ3v) is 4.38. The molecule has 0 spiro atoms. The fourth-order valence-electron chi connectivity index (χ4n) is 2.04. The Morgan fingerprint density at radius 3 is 2.75 bits per heavy atom. The van der Waals surface area contributed by atoms with E-state index in [0.717, 1.165) is 18.6 Å². The molecule has 2 rings (SSSR count). The first kappa shape index (κ1) is 11.8. The molecule has 1 nitrogen and oxygen atoms in total. The summed E-state index contributed by atoms with van der Waals surface area (Å²) < 4.78 is 5.99. The molecule has 16 heavy (non-hydrogen) atoms. The zero-order valence-corrected chi connectivity index (χ0v) is 10.9. The Bertz CT molecular complexity index is 373. The molecular formula is C14H19ClO. The molecular weight excluding hydrogens is 220 g/mol. The minimum atomic E-state index is 0.0871. The van der Waals surface area contributed by atoms with Crippen LogP contribution in [-0.4, -0.2) is 11.5 Å². The summed E-state index contributed by atoms with van der Waals surface area (Å²) in [4.78, 5) is 0. The van der Waals surface area contributed by atoms with Gasteiger partial charge in [-0.3, -0.25) is 0 Å². The van der Waals surface area contributed by atoms with Crippen LogP contribution in [0.15, 0.2) is 24.3 Å². The Kier molecular flexibility index (Phi) is 3.16. The summed E-state index contributed by atoms with van der Waals surface area (Å²) in [5.41, 5.74) is 1.40. The van der Waals surface area contributed by atoms with Gasteiger partial charge in [0, 0.05) is 17.2 Å². The quantitative estimate of drug-likeness (QED) is 0.723. The molecule has 0 bridgehead atoms. The molecule has 0 heterocycles. The summed E-state index contributed by atoms with van der Waals surface area (Å²) in [6.45, 7) is 6.49. The van der Waals surface area contributed by atoms with Crippen LogP contribution >= 0.6 is 11.6 Å². The molecule has 88 valence electrons. The summed E-state index contributed by atoms with van der Waals surface area (Å²) in [5, 5.41) is 0.242. The average molecular weight is 239 g/mol. The summed E-state index contributed by atoms with van der Waals surface area (Å²) in [5.74, 6) is 0.973. The lowest BCUT2D eigenvalue weighted by atomic mass is 9.68. The Labute approximate surface area is 103 Å². The van der Waals surface area contributed by atoms with Gasteiger partial charge in [-0.25, -0.2) is 0 Å². The number of rotatable bonds is 3. The van der Waals surface area contributed by atoms with Gasteiger partial charge in [-0.2, -0.15) is 0 Å². The molecule has 2 atom stereocenters. The van der Waals surface area contributed by atoms with Crippen molar-refractivity contribution in [1.82, 2.24) is 0 Å². The molecule has 1 saturated carbocycles. The van der Waals surface area contributed by atoms with E-state index >= 15 is 0 Å². The number of ether oxygens (including phenoxy) is 1. The summed E-state index contributed by atoms with van der Waals surface area (Å²) in [6, 6.07) is 8.33. The van der Waals surface area contributed by atoms with Gasteiger partial charge in [-0.1, -0.05) is 32.9 Å². The van der Waals surface area contributed by atoms with E-state index in [-0.39, 0.29) is 16.9 Å². The first-order valence-electron chi connectivity index (χ1n) is 5.93. The Morgan fingerprint density at radius 2 is 2.19 bits per heavy atom. The van der Waals surface area contributed by atoms with Gasteiger partial charge < -0.3 is 4.74 Å². The zero-order chi connectivity index (χ0) is 11.8. The maximum atomic E-state index is 6.18. The van der Waals surface area contributed by atoms with Gasteiger partial charge in [0.05, 0.1) is 0 Å². The van der Waals surface area contributed by atoms with Crippen LogP contribution in [0.25, 0.3) is 0 Å². The topological polar surface area (TPSA) is 9.23 Å². The van der Waals surface area contributed by atoms with Crippen molar-refractivity contribution in [3.8, 4) is 5.75 Å². The van der Waals surface area contributed by atoms with Crippen molar-refractivity contribution < 1.29 is 4.74 Å². The maximum absolute atomic E-state index is 6.18.